The van der Waals surface area contributed by atoms with Gasteiger partial charge in [0.05, 0.1) is 6.04 Å². The summed E-state index contributed by atoms with van der Waals surface area (Å²) >= 11 is 6.44. The van der Waals surface area contributed by atoms with Crippen LogP contribution in [0, 0.1) is 20.8 Å². The lowest BCUT2D eigenvalue weighted by Crippen LogP contribution is -2.25. The molecule has 0 aliphatic carbocycles. The average Bonchev–Trinajstić information content (AvgIpc) is 2.42. The fourth-order valence-electron chi connectivity index (χ4n) is 3.01. The molecule has 0 heterocycles. The molecule has 21 heavy (non-hydrogen) atoms. The standard InChI is InChI=1S/C19H24ClN/c1-5-10-21-19(16-8-6-7-9-17(16)20)18-14(3)11-13(2)12-15(18)4/h6-9,11-12,19,21H,5,10H2,1-4H3. The molecule has 1 N–H and O–H groups in total. The maximum atomic E-state index is 6.44. The van der Waals surface area contributed by atoms with E-state index in [1.807, 2.05) is 12.1 Å². The summed E-state index contributed by atoms with van der Waals surface area (Å²) in [6, 6.07) is 12.8. The van der Waals surface area contributed by atoms with E-state index in [-0.39, 0.29) is 6.04 Å². The molecule has 0 bridgehead atoms. The molecule has 2 rings (SSSR count). The molecular formula is C19H24ClN. The van der Waals surface area contributed by atoms with E-state index in [4.69, 9.17) is 11.6 Å². The predicted molar refractivity (Wildman–Crippen MR) is 92.2 cm³/mol. The highest BCUT2D eigenvalue weighted by molar-refractivity contribution is 6.31. The quantitative estimate of drug-likeness (QED) is 0.784. The molecule has 2 heteroatoms. The zero-order valence-corrected chi connectivity index (χ0v) is 14.1. The molecule has 0 fully saturated rings. The van der Waals surface area contributed by atoms with E-state index in [0.29, 0.717) is 0 Å². The van der Waals surface area contributed by atoms with Gasteiger partial charge < -0.3 is 5.32 Å². The van der Waals surface area contributed by atoms with E-state index in [1.54, 1.807) is 0 Å². The summed E-state index contributed by atoms with van der Waals surface area (Å²) in [6.45, 7) is 9.68. The molecule has 1 atom stereocenters. The van der Waals surface area contributed by atoms with Crippen LogP contribution in [0.5, 0.6) is 0 Å². The molecule has 0 saturated heterocycles. The lowest BCUT2D eigenvalue weighted by Gasteiger charge is -2.25. The molecule has 0 aliphatic rings. The number of aryl methyl sites for hydroxylation is 3. The van der Waals surface area contributed by atoms with Crippen molar-refractivity contribution in [2.45, 2.75) is 40.2 Å². The number of rotatable bonds is 5. The Morgan fingerprint density at radius 1 is 1.05 bits per heavy atom. The van der Waals surface area contributed by atoms with Crippen LogP contribution in [0.25, 0.3) is 0 Å². The Labute approximate surface area is 133 Å². The summed E-state index contributed by atoms with van der Waals surface area (Å²) in [7, 11) is 0. The molecule has 0 aliphatic heterocycles. The normalized spacial score (nSPS) is 12.4. The van der Waals surface area contributed by atoms with Crippen LogP contribution in [0.2, 0.25) is 5.02 Å². The fraction of sp³-hybridized carbons (Fsp3) is 0.368. The van der Waals surface area contributed by atoms with Gasteiger partial charge in [-0.25, -0.2) is 0 Å². The molecule has 1 unspecified atom stereocenters. The smallest absolute Gasteiger partial charge is 0.0596 e. The maximum absolute atomic E-state index is 6.44. The van der Waals surface area contributed by atoms with Crippen molar-refractivity contribution < 1.29 is 0 Å². The third-order valence-corrected chi connectivity index (χ3v) is 4.19. The topological polar surface area (TPSA) is 12.0 Å². The monoisotopic (exact) mass is 301 g/mol. The summed E-state index contributed by atoms with van der Waals surface area (Å²) < 4.78 is 0. The molecule has 0 spiro atoms. The maximum Gasteiger partial charge on any atom is 0.0596 e. The zero-order valence-electron chi connectivity index (χ0n) is 13.3. The van der Waals surface area contributed by atoms with Gasteiger partial charge in [-0.05, 0) is 62.1 Å². The van der Waals surface area contributed by atoms with Crippen LogP contribution in [0.4, 0.5) is 0 Å². The van der Waals surface area contributed by atoms with Gasteiger partial charge in [-0.3, -0.25) is 0 Å². The van der Waals surface area contributed by atoms with E-state index in [2.05, 4.69) is 57.3 Å². The van der Waals surface area contributed by atoms with Gasteiger partial charge in [0.15, 0.2) is 0 Å². The third-order valence-electron chi connectivity index (χ3n) is 3.84. The van der Waals surface area contributed by atoms with E-state index < -0.39 is 0 Å². The zero-order chi connectivity index (χ0) is 15.4. The van der Waals surface area contributed by atoms with Crippen molar-refractivity contribution in [1.82, 2.24) is 5.32 Å². The first-order valence-corrected chi connectivity index (χ1v) is 7.98. The van der Waals surface area contributed by atoms with Gasteiger partial charge in [0.1, 0.15) is 0 Å². The van der Waals surface area contributed by atoms with Crippen LogP contribution in [0.15, 0.2) is 36.4 Å². The number of hydrogen-bond donors (Lipinski definition) is 1. The minimum atomic E-state index is 0.152. The van der Waals surface area contributed by atoms with E-state index >= 15 is 0 Å². The summed E-state index contributed by atoms with van der Waals surface area (Å²) in [5.74, 6) is 0. The third kappa shape index (κ3) is 3.66. The minimum absolute atomic E-state index is 0.152. The molecular weight excluding hydrogens is 278 g/mol. The lowest BCUT2D eigenvalue weighted by molar-refractivity contribution is 0.594. The Balaban J connectivity index is 2.54. The van der Waals surface area contributed by atoms with Crippen LogP contribution < -0.4 is 5.32 Å². The van der Waals surface area contributed by atoms with Crippen molar-refractivity contribution in [1.29, 1.82) is 0 Å². The van der Waals surface area contributed by atoms with Crippen molar-refractivity contribution >= 4 is 11.6 Å². The lowest BCUT2D eigenvalue weighted by atomic mass is 9.90. The Hall–Kier alpha value is -1.31. The predicted octanol–water partition coefficient (Wildman–Crippen LogP) is 5.35. The number of halogens is 1. The first-order valence-electron chi connectivity index (χ1n) is 7.60. The Morgan fingerprint density at radius 2 is 1.67 bits per heavy atom. The first-order chi connectivity index (χ1) is 10.0. The average molecular weight is 302 g/mol. The van der Waals surface area contributed by atoms with Crippen LogP contribution in [-0.2, 0) is 0 Å². The second-order valence-corrected chi connectivity index (χ2v) is 6.13. The van der Waals surface area contributed by atoms with Gasteiger partial charge in [0, 0.05) is 5.02 Å². The van der Waals surface area contributed by atoms with Gasteiger partial charge in [-0.15, -0.1) is 0 Å². The van der Waals surface area contributed by atoms with Gasteiger partial charge >= 0.3 is 0 Å². The highest BCUT2D eigenvalue weighted by Gasteiger charge is 2.20. The van der Waals surface area contributed by atoms with Gasteiger partial charge in [0.25, 0.3) is 0 Å². The molecule has 0 radical (unpaired) electrons. The van der Waals surface area contributed by atoms with Gasteiger partial charge in [-0.2, -0.15) is 0 Å². The van der Waals surface area contributed by atoms with Crippen molar-refractivity contribution in [3.8, 4) is 0 Å². The fourth-order valence-corrected chi connectivity index (χ4v) is 3.26. The second-order valence-electron chi connectivity index (χ2n) is 5.72. The summed E-state index contributed by atoms with van der Waals surface area (Å²) in [4.78, 5) is 0. The highest BCUT2D eigenvalue weighted by atomic mass is 35.5. The molecule has 2 aromatic rings. The van der Waals surface area contributed by atoms with Crippen LogP contribution in [-0.4, -0.2) is 6.54 Å². The Morgan fingerprint density at radius 3 is 2.24 bits per heavy atom. The van der Waals surface area contributed by atoms with Crippen molar-refractivity contribution in [2.75, 3.05) is 6.54 Å². The van der Waals surface area contributed by atoms with E-state index in [1.165, 1.54) is 22.3 Å². The highest BCUT2D eigenvalue weighted by Crippen LogP contribution is 2.32. The molecule has 2 aromatic carbocycles. The molecule has 112 valence electrons. The van der Waals surface area contributed by atoms with Crippen molar-refractivity contribution in [3.05, 3.63) is 69.2 Å². The Kier molecular flexibility index (Phi) is 5.44. The number of hydrogen-bond acceptors (Lipinski definition) is 1. The summed E-state index contributed by atoms with van der Waals surface area (Å²) in [5.41, 5.74) is 6.45. The van der Waals surface area contributed by atoms with Crippen LogP contribution in [0.3, 0.4) is 0 Å². The van der Waals surface area contributed by atoms with Crippen LogP contribution >= 0.6 is 11.6 Å². The molecule has 0 aromatic heterocycles. The van der Waals surface area contributed by atoms with Gasteiger partial charge in [0.2, 0.25) is 0 Å². The summed E-state index contributed by atoms with van der Waals surface area (Å²) in [5, 5.41) is 4.48. The van der Waals surface area contributed by atoms with Gasteiger partial charge in [-0.1, -0.05) is 54.4 Å². The molecule has 1 nitrogen and oxygen atoms in total. The second kappa shape index (κ2) is 7.11. The Bertz CT molecular complexity index is 596. The number of benzene rings is 2. The molecule has 0 amide bonds. The minimum Gasteiger partial charge on any atom is -0.306 e. The first kappa shape index (κ1) is 16.1. The van der Waals surface area contributed by atoms with Crippen molar-refractivity contribution in [3.63, 3.8) is 0 Å². The largest absolute Gasteiger partial charge is 0.306 e. The van der Waals surface area contributed by atoms with Crippen LogP contribution in [0.1, 0.15) is 47.2 Å². The number of nitrogens with one attached hydrogen (secondary N) is 1. The van der Waals surface area contributed by atoms with E-state index in [0.717, 1.165) is 23.6 Å². The SMILES string of the molecule is CCCNC(c1ccccc1Cl)c1c(C)cc(C)cc1C. The molecule has 0 saturated carbocycles. The van der Waals surface area contributed by atoms with Crippen molar-refractivity contribution in [2.24, 2.45) is 0 Å². The van der Waals surface area contributed by atoms with E-state index in [9.17, 15) is 0 Å². The summed E-state index contributed by atoms with van der Waals surface area (Å²) in [6.07, 6.45) is 1.10.